The number of aliphatic hydroxyl groups is 7. The van der Waals surface area contributed by atoms with E-state index in [1.807, 2.05) is 0 Å². The number of aliphatic hydroxyl groups excluding tert-OH is 7. The molecule has 0 aromatic heterocycles. The number of Topliss-reactive ketones (excluding diaryl/α,β-unsaturated/α-hetero) is 1. The van der Waals surface area contributed by atoms with E-state index in [1.54, 1.807) is 24.3 Å². The topological polar surface area (TPSA) is 234 Å². The third-order valence-electron chi connectivity index (χ3n) is 7.68. The quantitative estimate of drug-likeness (QED) is 0.163. The number of carbonyl (C=O) groups excluding carboxylic acids is 1. The fourth-order valence-electron chi connectivity index (χ4n) is 5.25. The Kier molecular flexibility index (Phi) is 9.38. The van der Waals surface area contributed by atoms with Crippen LogP contribution < -0.4 is 14.2 Å². The summed E-state index contributed by atoms with van der Waals surface area (Å²) in [5.74, 6) is -0.364. The van der Waals surface area contributed by atoms with E-state index in [4.69, 9.17) is 28.4 Å². The molecule has 15 heteroatoms. The average Bonchev–Trinajstić information content (AvgIpc) is 3.00. The molecule has 3 aliphatic heterocycles. The molecule has 3 heterocycles. The first kappa shape index (κ1) is 31.3. The highest BCUT2D eigenvalue weighted by Gasteiger charge is 2.51. The standard InChI is InChI=1S/C28H34O15/c1-38-12-4-2-11(3-5-12)16-8-15(32)20-14(31)6-13(7-17(20)40-16)39-28-26(24(36)22(34)19(10-30)42-28)43-27-25(37)23(35)21(33)18(9-29)41-27/h2-7,16,18-19,21-31,33-37H,8-10H2,1H3. The SMILES string of the molecule is COc1ccc(C2CC(=O)c3c(O)cc(OC4OC(CO)C(O)C(O)C4OC4OC(CO)C(O)C(O)C4O)cc3O2)cc1. The monoisotopic (exact) mass is 610 g/mol. The molecule has 8 N–H and O–H groups in total. The number of benzene rings is 2. The Morgan fingerprint density at radius 1 is 0.814 bits per heavy atom. The lowest BCUT2D eigenvalue weighted by Crippen LogP contribution is -2.65. The first-order valence-electron chi connectivity index (χ1n) is 13.5. The number of phenolic OH excluding ortho intramolecular Hbond substituents is 1. The summed E-state index contributed by atoms with van der Waals surface area (Å²) in [6.45, 7) is -1.48. The van der Waals surface area contributed by atoms with Crippen molar-refractivity contribution in [3.8, 4) is 23.0 Å². The summed E-state index contributed by atoms with van der Waals surface area (Å²) in [6, 6.07) is 9.31. The van der Waals surface area contributed by atoms with E-state index in [-0.39, 0.29) is 29.3 Å². The van der Waals surface area contributed by atoms with Gasteiger partial charge in [0.25, 0.3) is 0 Å². The molecule has 0 amide bonds. The summed E-state index contributed by atoms with van der Waals surface area (Å²) in [7, 11) is 1.52. The van der Waals surface area contributed by atoms with Gasteiger partial charge in [0, 0.05) is 12.1 Å². The summed E-state index contributed by atoms with van der Waals surface area (Å²) in [5.41, 5.74) is 0.608. The van der Waals surface area contributed by atoms with Crippen molar-refractivity contribution in [3.05, 3.63) is 47.5 Å². The molecule has 43 heavy (non-hydrogen) atoms. The Balaban J connectivity index is 1.41. The lowest BCUT2D eigenvalue weighted by molar-refractivity contribution is -0.357. The summed E-state index contributed by atoms with van der Waals surface area (Å²) >= 11 is 0. The van der Waals surface area contributed by atoms with Crippen LogP contribution in [0.15, 0.2) is 36.4 Å². The van der Waals surface area contributed by atoms with Crippen molar-refractivity contribution in [2.75, 3.05) is 20.3 Å². The second kappa shape index (κ2) is 12.9. The van der Waals surface area contributed by atoms with Gasteiger partial charge in [-0.3, -0.25) is 4.79 Å². The van der Waals surface area contributed by atoms with Gasteiger partial charge in [-0.05, 0) is 17.7 Å². The van der Waals surface area contributed by atoms with Crippen LogP contribution >= 0.6 is 0 Å². The van der Waals surface area contributed by atoms with Crippen molar-refractivity contribution in [2.45, 2.75) is 73.9 Å². The van der Waals surface area contributed by atoms with Gasteiger partial charge in [0.1, 0.15) is 77.4 Å². The Morgan fingerprint density at radius 3 is 2.07 bits per heavy atom. The van der Waals surface area contributed by atoms with Gasteiger partial charge in [-0.15, -0.1) is 0 Å². The maximum Gasteiger partial charge on any atom is 0.229 e. The highest BCUT2D eigenvalue weighted by atomic mass is 16.8. The van der Waals surface area contributed by atoms with Crippen LogP contribution in [0, 0.1) is 0 Å². The highest BCUT2D eigenvalue weighted by molar-refractivity contribution is 6.02. The molecule has 5 rings (SSSR count). The number of ether oxygens (including phenoxy) is 6. The van der Waals surface area contributed by atoms with Gasteiger partial charge in [0.15, 0.2) is 18.2 Å². The Hall–Kier alpha value is -3.09. The number of methoxy groups -OCH3 is 1. The number of fused-ring (bicyclic) bond motifs is 1. The van der Waals surface area contributed by atoms with Crippen LogP contribution in [0.2, 0.25) is 0 Å². The van der Waals surface area contributed by atoms with Crippen LogP contribution in [0.3, 0.4) is 0 Å². The van der Waals surface area contributed by atoms with E-state index in [2.05, 4.69) is 0 Å². The van der Waals surface area contributed by atoms with Gasteiger partial charge in [-0.2, -0.15) is 0 Å². The average molecular weight is 611 g/mol. The Morgan fingerprint density at radius 2 is 1.44 bits per heavy atom. The number of carbonyl (C=O) groups is 1. The number of hydrogen-bond donors (Lipinski definition) is 8. The molecule has 2 aromatic carbocycles. The van der Waals surface area contributed by atoms with Gasteiger partial charge in [-0.1, -0.05) is 12.1 Å². The van der Waals surface area contributed by atoms with Gasteiger partial charge < -0.3 is 69.3 Å². The lowest BCUT2D eigenvalue weighted by atomic mass is 9.95. The van der Waals surface area contributed by atoms with E-state index in [9.17, 15) is 45.6 Å². The summed E-state index contributed by atoms with van der Waals surface area (Å²) < 4.78 is 33.7. The van der Waals surface area contributed by atoms with Crippen LogP contribution in [0.4, 0.5) is 0 Å². The van der Waals surface area contributed by atoms with Gasteiger partial charge in [-0.25, -0.2) is 0 Å². The fourth-order valence-corrected chi connectivity index (χ4v) is 5.25. The molecule has 2 saturated heterocycles. The maximum atomic E-state index is 12.9. The van der Waals surface area contributed by atoms with Crippen molar-refractivity contribution in [3.63, 3.8) is 0 Å². The molecule has 11 unspecified atom stereocenters. The number of phenols is 1. The molecule has 0 bridgehead atoms. The number of rotatable bonds is 8. The summed E-state index contributed by atoms with van der Waals surface area (Å²) in [4.78, 5) is 12.9. The molecule has 3 aliphatic rings. The minimum atomic E-state index is -1.85. The maximum absolute atomic E-state index is 12.9. The normalized spacial score (nSPS) is 36.0. The zero-order valence-corrected chi connectivity index (χ0v) is 22.9. The van der Waals surface area contributed by atoms with Crippen molar-refractivity contribution < 1.29 is 74.1 Å². The molecule has 2 fully saturated rings. The largest absolute Gasteiger partial charge is 0.507 e. The summed E-state index contributed by atoms with van der Waals surface area (Å²) in [6.07, 6.45) is -17.2. The minimum absolute atomic E-state index is 0.00595. The fraction of sp³-hybridized carbons (Fsp3) is 0.536. The van der Waals surface area contributed by atoms with Crippen molar-refractivity contribution in [2.24, 2.45) is 0 Å². The number of hydrogen-bond acceptors (Lipinski definition) is 15. The van der Waals surface area contributed by atoms with Crippen LogP contribution in [-0.2, 0) is 14.2 Å². The molecule has 11 atom stereocenters. The first-order chi connectivity index (χ1) is 20.6. The van der Waals surface area contributed by atoms with Crippen LogP contribution in [-0.4, -0.2) is 128 Å². The van der Waals surface area contributed by atoms with Gasteiger partial charge >= 0.3 is 0 Å². The third-order valence-corrected chi connectivity index (χ3v) is 7.68. The van der Waals surface area contributed by atoms with Crippen molar-refractivity contribution in [1.29, 1.82) is 0 Å². The molecule has 0 saturated carbocycles. The molecule has 0 spiro atoms. The zero-order valence-electron chi connectivity index (χ0n) is 22.9. The lowest BCUT2D eigenvalue weighted by Gasteiger charge is -2.45. The Bertz CT molecular complexity index is 1270. The van der Waals surface area contributed by atoms with Crippen molar-refractivity contribution >= 4 is 5.78 Å². The minimum Gasteiger partial charge on any atom is -0.507 e. The van der Waals surface area contributed by atoms with E-state index >= 15 is 0 Å². The zero-order chi connectivity index (χ0) is 31.0. The van der Waals surface area contributed by atoms with E-state index in [0.717, 1.165) is 6.07 Å². The number of ketones is 1. The predicted octanol–water partition coefficient (Wildman–Crippen LogP) is -1.89. The molecular weight excluding hydrogens is 576 g/mol. The summed E-state index contributed by atoms with van der Waals surface area (Å²) in [5, 5.41) is 81.8. The predicted molar refractivity (Wildman–Crippen MR) is 140 cm³/mol. The van der Waals surface area contributed by atoms with Crippen LogP contribution in [0.5, 0.6) is 23.0 Å². The third kappa shape index (κ3) is 6.14. The van der Waals surface area contributed by atoms with E-state index < -0.39 is 86.5 Å². The second-order valence-corrected chi connectivity index (χ2v) is 10.4. The van der Waals surface area contributed by atoms with E-state index in [1.165, 1.54) is 13.2 Å². The molecular formula is C28H34O15. The number of aromatic hydroxyl groups is 1. The highest BCUT2D eigenvalue weighted by Crippen LogP contribution is 2.43. The first-order valence-corrected chi connectivity index (χ1v) is 13.5. The van der Waals surface area contributed by atoms with E-state index in [0.29, 0.717) is 11.3 Å². The molecule has 0 aliphatic carbocycles. The second-order valence-electron chi connectivity index (χ2n) is 10.4. The molecule has 15 nitrogen and oxygen atoms in total. The van der Waals surface area contributed by atoms with Crippen LogP contribution in [0.25, 0.3) is 0 Å². The molecule has 236 valence electrons. The molecule has 0 radical (unpaired) electrons. The van der Waals surface area contributed by atoms with Gasteiger partial charge in [0.05, 0.1) is 26.7 Å². The van der Waals surface area contributed by atoms with Crippen LogP contribution in [0.1, 0.15) is 28.4 Å². The molecule has 2 aromatic rings. The Labute approximate surface area is 245 Å². The smallest absolute Gasteiger partial charge is 0.229 e. The van der Waals surface area contributed by atoms with Gasteiger partial charge in [0.2, 0.25) is 6.29 Å². The van der Waals surface area contributed by atoms with Crippen molar-refractivity contribution in [1.82, 2.24) is 0 Å².